The molecule has 0 saturated heterocycles. The molecule has 0 aliphatic rings. The smallest absolute Gasteiger partial charge is 0.352 e. The maximum Gasteiger partial charge on any atom is 0.416 e. The molecule has 1 unspecified atom stereocenters. The Morgan fingerprint density at radius 3 is 2.12 bits per heavy atom. The van der Waals surface area contributed by atoms with Crippen LogP contribution in [0.1, 0.15) is 31.9 Å². The number of benzene rings is 3. The summed E-state index contributed by atoms with van der Waals surface area (Å²) in [6.07, 6.45) is -4.83. The number of alkyl halides is 3. The van der Waals surface area contributed by atoms with Gasteiger partial charge < -0.3 is 10.2 Å². The highest BCUT2D eigenvalue weighted by Gasteiger charge is 2.36. The van der Waals surface area contributed by atoms with Crippen LogP contribution in [0, 0.1) is 5.82 Å². The van der Waals surface area contributed by atoms with Crippen molar-refractivity contribution in [3.05, 3.63) is 94.8 Å². The summed E-state index contributed by atoms with van der Waals surface area (Å²) in [5.41, 5.74) is -1.32. The zero-order valence-electron chi connectivity index (χ0n) is 22.3. The molecule has 41 heavy (non-hydrogen) atoms. The molecular formula is C28H28ClF4N3O4S. The molecule has 0 radical (unpaired) electrons. The average molecular weight is 614 g/mol. The molecule has 0 heterocycles. The molecule has 1 atom stereocenters. The zero-order chi connectivity index (χ0) is 30.5. The maximum absolute atomic E-state index is 13.8. The molecular weight excluding hydrogens is 586 g/mol. The normalized spacial score (nSPS) is 12.6. The molecule has 3 aromatic rings. The maximum atomic E-state index is 13.8. The van der Waals surface area contributed by atoms with Gasteiger partial charge in [-0.3, -0.25) is 13.9 Å². The summed E-state index contributed by atoms with van der Waals surface area (Å²) >= 11 is 6.21. The van der Waals surface area contributed by atoms with Crippen LogP contribution in [-0.2, 0) is 32.3 Å². The van der Waals surface area contributed by atoms with Gasteiger partial charge in [0.1, 0.15) is 18.4 Å². The van der Waals surface area contributed by atoms with Crippen LogP contribution in [0.4, 0.5) is 23.2 Å². The van der Waals surface area contributed by atoms with E-state index in [-0.39, 0.29) is 22.5 Å². The third-order valence-electron chi connectivity index (χ3n) is 6.02. The van der Waals surface area contributed by atoms with Gasteiger partial charge in [0.05, 0.1) is 21.2 Å². The number of sulfonamides is 1. The lowest BCUT2D eigenvalue weighted by Crippen LogP contribution is -2.52. The molecule has 13 heteroatoms. The lowest BCUT2D eigenvalue weighted by molar-refractivity contribution is -0.139. The van der Waals surface area contributed by atoms with Crippen LogP contribution in [0.15, 0.2) is 77.7 Å². The molecule has 0 aliphatic carbocycles. The minimum absolute atomic E-state index is 0.221. The van der Waals surface area contributed by atoms with Gasteiger partial charge >= 0.3 is 6.18 Å². The Balaban J connectivity index is 2.12. The summed E-state index contributed by atoms with van der Waals surface area (Å²) in [6.45, 7) is 3.63. The first-order valence-electron chi connectivity index (χ1n) is 12.4. The Morgan fingerprint density at radius 1 is 0.951 bits per heavy atom. The van der Waals surface area contributed by atoms with Crippen LogP contribution in [0.2, 0.25) is 5.02 Å². The van der Waals surface area contributed by atoms with Crippen LogP contribution in [0.25, 0.3) is 0 Å². The number of nitrogens with zero attached hydrogens (tertiary/aromatic N) is 2. The van der Waals surface area contributed by atoms with E-state index in [1.165, 1.54) is 43.3 Å². The highest BCUT2D eigenvalue weighted by atomic mass is 35.5. The molecule has 0 aromatic heterocycles. The molecule has 3 aromatic carbocycles. The third-order valence-corrected chi connectivity index (χ3v) is 8.11. The molecule has 0 saturated carbocycles. The predicted molar refractivity (Wildman–Crippen MR) is 147 cm³/mol. The molecule has 220 valence electrons. The standard InChI is InChI=1S/C28H28ClF4N3O4S/c1-18(2)34-27(38)19(3)35(16-20-9-12-22(30)13-10-20)26(37)17-36(41(39,40)23-7-5-4-6-8-23)25-15-21(28(31,32)33)11-14-24(25)29/h4-15,18-19H,16-17H2,1-3H3,(H,34,38). The molecule has 0 spiro atoms. The molecule has 0 bridgehead atoms. The minimum atomic E-state index is -4.83. The Labute approximate surface area is 240 Å². The topological polar surface area (TPSA) is 86.8 Å². The van der Waals surface area contributed by atoms with E-state index in [0.717, 1.165) is 23.1 Å². The van der Waals surface area contributed by atoms with Crippen molar-refractivity contribution in [3.8, 4) is 0 Å². The number of nitrogens with one attached hydrogen (secondary N) is 1. The van der Waals surface area contributed by atoms with Crippen LogP contribution in [0.3, 0.4) is 0 Å². The van der Waals surface area contributed by atoms with Gasteiger partial charge in [-0.1, -0.05) is 41.9 Å². The SMILES string of the molecule is CC(C)NC(=O)C(C)N(Cc1ccc(F)cc1)C(=O)CN(c1cc(C(F)(F)F)ccc1Cl)S(=O)(=O)c1ccccc1. The van der Waals surface area contributed by atoms with Crippen molar-refractivity contribution in [1.29, 1.82) is 0 Å². The Morgan fingerprint density at radius 2 is 1.56 bits per heavy atom. The van der Waals surface area contributed by atoms with E-state index < -0.39 is 57.7 Å². The first-order valence-corrected chi connectivity index (χ1v) is 14.2. The Bertz CT molecular complexity index is 1480. The van der Waals surface area contributed by atoms with Gasteiger partial charge in [0.2, 0.25) is 11.8 Å². The van der Waals surface area contributed by atoms with Gasteiger partial charge in [-0.25, -0.2) is 12.8 Å². The summed E-state index contributed by atoms with van der Waals surface area (Å²) < 4.78 is 82.2. The highest BCUT2D eigenvalue weighted by Crippen LogP contribution is 2.37. The number of amides is 2. The molecule has 3 rings (SSSR count). The number of anilines is 1. The van der Waals surface area contributed by atoms with Crippen LogP contribution in [-0.4, -0.2) is 43.8 Å². The molecule has 1 N–H and O–H groups in total. The number of carbonyl (C=O) groups excluding carboxylic acids is 2. The zero-order valence-corrected chi connectivity index (χ0v) is 23.9. The first kappa shape index (κ1) is 31.9. The largest absolute Gasteiger partial charge is 0.416 e. The van der Waals surface area contributed by atoms with E-state index in [9.17, 15) is 35.6 Å². The molecule has 2 amide bonds. The van der Waals surface area contributed by atoms with Crippen molar-refractivity contribution in [2.24, 2.45) is 0 Å². The van der Waals surface area contributed by atoms with Crippen LogP contribution >= 0.6 is 11.6 Å². The van der Waals surface area contributed by atoms with Gasteiger partial charge in [0, 0.05) is 12.6 Å². The van der Waals surface area contributed by atoms with Gasteiger partial charge in [0.25, 0.3) is 10.0 Å². The second-order valence-electron chi connectivity index (χ2n) is 9.48. The van der Waals surface area contributed by atoms with E-state index in [2.05, 4.69) is 5.32 Å². The first-order chi connectivity index (χ1) is 19.1. The molecule has 7 nitrogen and oxygen atoms in total. The van der Waals surface area contributed by atoms with E-state index in [0.29, 0.717) is 22.0 Å². The van der Waals surface area contributed by atoms with Crippen LogP contribution in [0.5, 0.6) is 0 Å². The summed E-state index contributed by atoms with van der Waals surface area (Å²) in [4.78, 5) is 27.5. The average Bonchev–Trinajstić information content (AvgIpc) is 2.90. The Hall–Kier alpha value is -3.64. The second-order valence-corrected chi connectivity index (χ2v) is 11.7. The van der Waals surface area contributed by atoms with Gasteiger partial charge in [-0.2, -0.15) is 13.2 Å². The summed E-state index contributed by atoms with van der Waals surface area (Å²) in [5.74, 6) is -1.99. The second kappa shape index (κ2) is 12.9. The minimum Gasteiger partial charge on any atom is -0.352 e. The third kappa shape index (κ3) is 7.98. The van der Waals surface area contributed by atoms with E-state index in [1.807, 2.05) is 0 Å². The lowest BCUT2D eigenvalue weighted by atomic mass is 10.1. The monoisotopic (exact) mass is 613 g/mol. The fraction of sp³-hybridized carbons (Fsp3) is 0.286. The van der Waals surface area contributed by atoms with Gasteiger partial charge in [-0.15, -0.1) is 0 Å². The number of carbonyl (C=O) groups is 2. The van der Waals surface area contributed by atoms with Crippen molar-refractivity contribution in [2.45, 2.75) is 50.5 Å². The number of hydrogen-bond donors (Lipinski definition) is 1. The summed E-state index contributed by atoms with van der Waals surface area (Å²) in [6, 6.07) is 12.7. The van der Waals surface area contributed by atoms with Crippen molar-refractivity contribution in [2.75, 3.05) is 10.8 Å². The van der Waals surface area contributed by atoms with E-state index >= 15 is 0 Å². The quantitative estimate of drug-likeness (QED) is 0.300. The predicted octanol–water partition coefficient (Wildman–Crippen LogP) is 5.64. The number of rotatable bonds is 10. The van der Waals surface area contributed by atoms with Crippen molar-refractivity contribution < 1.29 is 35.6 Å². The number of halogens is 5. The lowest BCUT2D eigenvalue weighted by Gasteiger charge is -2.32. The van der Waals surface area contributed by atoms with Crippen LogP contribution < -0.4 is 9.62 Å². The molecule has 0 aliphatic heterocycles. The molecule has 0 fully saturated rings. The van der Waals surface area contributed by atoms with Gasteiger partial charge in [-0.05, 0) is 68.8 Å². The van der Waals surface area contributed by atoms with E-state index in [4.69, 9.17) is 11.6 Å². The Kier molecular flexibility index (Phi) is 10.0. The summed E-state index contributed by atoms with van der Waals surface area (Å²) in [7, 11) is -4.63. The highest BCUT2D eigenvalue weighted by molar-refractivity contribution is 7.92. The van der Waals surface area contributed by atoms with Crippen molar-refractivity contribution >= 4 is 39.1 Å². The number of hydrogen-bond acceptors (Lipinski definition) is 4. The fourth-order valence-electron chi connectivity index (χ4n) is 3.89. The summed E-state index contributed by atoms with van der Waals surface area (Å²) in [5, 5.41) is 2.33. The van der Waals surface area contributed by atoms with E-state index in [1.54, 1.807) is 19.9 Å². The van der Waals surface area contributed by atoms with Crippen molar-refractivity contribution in [3.63, 3.8) is 0 Å². The van der Waals surface area contributed by atoms with Crippen molar-refractivity contribution in [1.82, 2.24) is 10.2 Å². The van der Waals surface area contributed by atoms with Gasteiger partial charge in [0.15, 0.2) is 0 Å². The fourth-order valence-corrected chi connectivity index (χ4v) is 5.60.